The molecule has 1 aromatic rings. The molecule has 17 heavy (non-hydrogen) atoms. The van der Waals surface area contributed by atoms with Gasteiger partial charge in [0.2, 0.25) is 6.54 Å². The van der Waals surface area contributed by atoms with Crippen LogP contribution < -0.4 is 9.47 Å². The molecule has 1 unspecified atom stereocenters. The fourth-order valence-electron chi connectivity index (χ4n) is 1.50. The molecule has 1 aromatic carbocycles. The fourth-order valence-corrected chi connectivity index (χ4v) is 1.50. The van der Waals surface area contributed by atoms with E-state index >= 15 is 0 Å². The number of hydrogen-bond donors (Lipinski definition) is 0. The smallest absolute Gasteiger partial charge is 0.233 e. The summed E-state index contributed by atoms with van der Waals surface area (Å²) < 4.78 is 15.3. The minimum Gasteiger partial charge on any atom is -0.493 e. The van der Waals surface area contributed by atoms with Gasteiger partial charge in [0.1, 0.15) is 6.10 Å². The van der Waals surface area contributed by atoms with E-state index in [0.717, 1.165) is 0 Å². The molecule has 0 saturated carbocycles. The third-order valence-corrected chi connectivity index (χ3v) is 2.38. The molecule has 1 atom stereocenters. The zero-order valence-corrected chi connectivity index (χ0v) is 10.0. The predicted molar refractivity (Wildman–Crippen MR) is 61.2 cm³/mol. The largest absolute Gasteiger partial charge is 0.493 e. The highest BCUT2D eigenvalue weighted by molar-refractivity contribution is 5.43. The summed E-state index contributed by atoms with van der Waals surface area (Å²) in [6.45, 7) is -0.286. The lowest BCUT2D eigenvalue weighted by Crippen LogP contribution is -2.14. The molecule has 1 rings (SSSR count). The van der Waals surface area contributed by atoms with Crippen LogP contribution in [0.25, 0.3) is 0 Å². The van der Waals surface area contributed by atoms with Crippen LogP contribution in [0.3, 0.4) is 0 Å². The lowest BCUT2D eigenvalue weighted by atomic mass is 10.1. The molecule has 94 valence electrons. The van der Waals surface area contributed by atoms with Gasteiger partial charge in [0.05, 0.1) is 14.2 Å². The van der Waals surface area contributed by atoms with Gasteiger partial charge in [-0.3, -0.25) is 10.1 Å². The molecule has 0 amide bonds. The second-order valence-electron chi connectivity index (χ2n) is 3.35. The molecule has 0 saturated heterocycles. The van der Waals surface area contributed by atoms with Gasteiger partial charge in [-0.2, -0.15) is 0 Å². The van der Waals surface area contributed by atoms with E-state index in [-0.39, 0.29) is 6.54 Å². The second kappa shape index (κ2) is 6.05. The first-order valence-electron chi connectivity index (χ1n) is 4.99. The van der Waals surface area contributed by atoms with Crippen molar-refractivity contribution < 1.29 is 19.1 Å². The average molecular weight is 241 g/mol. The van der Waals surface area contributed by atoms with Gasteiger partial charge in [0, 0.05) is 12.0 Å². The normalized spacial score (nSPS) is 11.9. The monoisotopic (exact) mass is 241 g/mol. The van der Waals surface area contributed by atoms with Gasteiger partial charge < -0.3 is 14.2 Å². The summed E-state index contributed by atoms with van der Waals surface area (Å²) in [6, 6.07) is 5.09. The highest BCUT2D eigenvalue weighted by Gasteiger charge is 2.18. The Morgan fingerprint density at radius 2 is 1.88 bits per heavy atom. The third kappa shape index (κ3) is 3.32. The Bertz CT molecular complexity index is 393. The number of methoxy groups -OCH3 is 3. The van der Waals surface area contributed by atoms with Crippen LogP contribution in [0.15, 0.2) is 18.2 Å². The van der Waals surface area contributed by atoms with Gasteiger partial charge in [-0.15, -0.1) is 0 Å². The summed E-state index contributed by atoms with van der Waals surface area (Å²) in [5.74, 6) is 1.10. The van der Waals surface area contributed by atoms with Crippen molar-refractivity contribution in [1.29, 1.82) is 0 Å². The van der Waals surface area contributed by atoms with Crippen LogP contribution in [0.2, 0.25) is 0 Å². The van der Waals surface area contributed by atoms with Crippen molar-refractivity contribution in [2.75, 3.05) is 27.9 Å². The van der Waals surface area contributed by atoms with E-state index in [0.29, 0.717) is 17.1 Å². The van der Waals surface area contributed by atoms with Crippen LogP contribution in [0.5, 0.6) is 11.5 Å². The number of ether oxygens (including phenoxy) is 3. The van der Waals surface area contributed by atoms with Crippen LogP contribution in [0.4, 0.5) is 0 Å². The number of benzene rings is 1. The summed E-state index contributed by atoms with van der Waals surface area (Å²) in [5.41, 5.74) is 0.682. The van der Waals surface area contributed by atoms with Gasteiger partial charge >= 0.3 is 0 Å². The van der Waals surface area contributed by atoms with E-state index in [1.165, 1.54) is 21.3 Å². The Morgan fingerprint density at radius 3 is 2.35 bits per heavy atom. The number of nitro groups is 1. The average Bonchev–Trinajstić information content (AvgIpc) is 2.34. The maximum atomic E-state index is 10.5. The van der Waals surface area contributed by atoms with Gasteiger partial charge in [0.25, 0.3) is 0 Å². The molecule has 0 heterocycles. The van der Waals surface area contributed by atoms with Gasteiger partial charge in [-0.25, -0.2) is 0 Å². The molecule has 6 nitrogen and oxygen atoms in total. The Balaban J connectivity index is 3.00. The molecule has 0 bridgehead atoms. The summed E-state index contributed by atoms with van der Waals surface area (Å²) in [5, 5.41) is 10.5. The van der Waals surface area contributed by atoms with Crippen molar-refractivity contribution in [1.82, 2.24) is 0 Å². The number of nitrogens with zero attached hydrogens (tertiary/aromatic N) is 1. The molecule has 6 heteroatoms. The number of hydrogen-bond acceptors (Lipinski definition) is 5. The molecule has 0 aromatic heterocycles. The minimum atomic E-state index is -0.593. The Kier molecular flexibility index (Phi) is 4.71. The van der Waals surface area contributed by atoms with E-state index < -0.39 is 11.0 Å². The summed E-state index contributed by atoms with van der Waals surface area (Å²) in [7, 11) is 4.48. The molecule has 0 N–H and O–H groups in total. The molecular formula is C11H15NO5. The van der Waals surface area contributed by atoms with E-state index in [2.05, 4.69) is 0 Å². The molecule has 0 aliphatic carbocycles. The first kappa shape index (κ1) is 13.2. The molecule has 0 fully saturated rings. The molecule has 0 radical (unpaired) electrons. The topological polar surface area (TPSA) is 70.8 Å². The lowest BCUT2D eigenvalue weighted by Gasteiger charge is -2.14. The number of rotatable bonds is 6. The standard InChI is InChI=1S/C11H15NO5/c1-15-9-5-4-8(6-10(9)16-2)11(17-3)7-12(13)14/h4-6,11H,7H2,1-3H3. The summed E-state index contributed by atoms with van der Waals surface area (Å²) in [4.78, 5) is 10.1. The summed E-state index contributed by atoms with van der Waals surface area (Å²) >= 11 is 0. The third-order valence-electron chi connectivity index (χ3n) is 2.38. The Hall–Kier alpha value is -1.82. The van der Waals surface area contributed by atoms with Crippen LogP contribution in [0.1, 0.15) is 11.7 Å². The highest BCUT2D eigenvalue weighted by atomic mass is 16.6. The lowest BCUT2D eigenvalue weighted by molar-refractivity contribution is -0.492. The predicted octanol–water partition coefficient (Wildman–Crippen LogP) is 1.67. The van der Waals surface area contributed by atoms with Crippen LogP contribution >= 0.6 is 0 Å². The van der Waals surface area contributed by atoms with E-state index in [1.807, 2.05) is 0 Å². The maximum Gasteiger partial charge on any atom is 0.233 e. The van der Waals surface area contributed by atoms with E-state index in [4.69, 9.17) is 14.2 Å². The molecular weight excluding hydrogens is 226 g/mol. The summed E-state index contributed by atoms with van der Waals surface area (Å²) in [6.07, 6.45) is -0.593. The molecule has 0 aliphatic heterocycles. The van der Waals surface area contributed by atoms with Gasteiger partial charge in [-0.1, -0.05) is 6.07 Å². The zero-order chi connectivity index (χ0) is 12.8. The van der Waals surface area contributed by atoms with E-state index in [1.54, 1.807) is 18.2 Å². The highest BCUT2D eigenvalue weighted by Crippen LogP contribution is 2.30. The van der Waals surface area contributed by atoms with Crippen LogP contribution in [-0.2, 0) is 4.74 Å². The van der Waals surface area contributed by atoms with Gasteiger partial charge in [-0.05, 0) is 17.7 Å². The van der Waals surface area contributed by atoms with Crippen molar-refractivity contribution in [3.63, 3.8) is 0 Å². The molecule has 0 aliphatic rings. The van der Waals surface area contributed by atoms with Crippen LogP contribution in [0, 0.1) is 10.1 Å². The Labute approximate surface area is 99.2 Å². The Morgan fingerprint density at radius 1 is 1.24 bits per heavy atom. The van der Waals surface area contributed by atoms with E-state index in [9.17, 15) is 10.1 Å². The molecule has 0 spiro atoms. The maximum absolute atomic E-state index is 10.5. The van der Waals surface area contributed by atoms with Crippen molar-refractivity contribution in [3.8, 4) is 11.5 Å². The first-order chi connectivity index (χ1) is 8.12. The van der Waals surface area contributed by atoms with Gasteiger partial charge in [0.15, 0.2) is 11.5 Å². The van der Waals surface area contributed by atoms with Crippen molar-refractivity contribution >= 4 is 0 Å². The SMILES string of the molecule is COc1ccc(C(C[N+](=O)[O-])OC)cc1OC. The van der Waals surface area contributed by atoms with Crippen molar-refractivity contribution in [2.24, 2.45) is 0 Å². The van der Waals surface area contributed by atoms with Crippen molar-refractivity contribution in [2.45, 2.75) is 6.10 Å². The quantitative estimate of drug-likeness (QED) is 0.559. The van der Waals surface area contributed by atoms with Crippen molar-refractivity contribution in [3.05, 3.63) is 33.9 Å². The van der Waals surface area contributed by atoms with Crippen LogP contribution in [-0.4, -0.2) is 32.8 Å². The zero-order valence-electron chi connectivity index (χ0n) is 10.0. The first-order valence-corrected chi connectivity index (χ1v) is 4.99. The minimum absolute atomic E-state index is 0.286. The second-order valence-corrected chi connectivity index (χ2v) is 3.35. The fraction of sp³-hybridized carbons (Fsp3) is 0.455.